The second-order valence-corrected chi connectivity index (χ2v) is 6.81. The highest BCUT2D eigenvalue weighted by Crippen LogP contribution is 2.85. The summed E-state index contributed by atoms with van der Waals surface area (Å²) >= 11 is 0. The summed E-state index contributed by atoms with van der Waals surface area (Å²) in [5.74, 6) is 2.72. The minimum Gasteiger partial charge on any atom is -0.0615 e. The molecule has 2 fully saturated rings. The number of rotatable bonds is 0. The molecule has 0 radical (unpaired) electrons. The Bertz CT molecular complexity index is 250. The van der Waals surface area contributed by atoms with Crippen molar-refractivity contribution < 1.29 is 0 Å². The number of hydrogen-bond donors (Lipinski definition) is 0. The van der Waals surface area contributed by atoms with Crippen LogP contribution < -0.4 is 0 Å². The van der Waals surface area contributed by atoms with E-state index in [2.05, 4.69) is 49.4 Å². The third kappa shape index (κ3) is 0.725. The van der Waals surface area contributed by atoms with Crippen molar-refractivity contribution in [2.75, 3.05) is 0 Å². The van der Waals surface area contributed by atoms with Gasteiger partial charge in [0.25, 0.3) is 0 Å². The van der Waals surface area contributed by atoms with Crippen molar-refractivity contribution in [1.29, 1.82) is 0 Å². The Morgan fingerprint density at radius 1 is 1.00 bits per heavy atom. The van der Waals surface area contributed by atoms with Gasteiger partial charge in [0.1, 0.15) is 7.85 Å². The molecule has 0 aromatic heterocycles. The van der Waals surface area contributed by atoms with E-state index in [9.17, 15) is 0 Å². The molecule has 4 atom stereocenters. The lowest BCUT2D eigenvalue weighted by Crippen LogP contribution is -2.30. The van der Waals surface area contributed by atoms with Crippen molar-refractivity contribution in [2.45, 2.75) is 47.4 Å². The molecular weight excluding hydrogens is 155 g/mol. The van der Waals surface area contributed by atoms with Crippen LogP contribution in [0.25, 0.3) is 0 Å². The Hall–Kier alpha value is 0.0649. The first-order chi connectivity index (χ1) is 5.68. The van der Waals surface area contributed by atoms with Gasteiger partial charge in [0.05, 0.1) is 0 Å². The largest absolute Gasteiger partial charge is 0.106 e. The van der Waals surface area contributed by atoms with Gasteiger partial charge in [-0.2, -0.15) is 0 Å². The monoisotopic (exact) mass is 178 g/mol. The fraction of sp³-hybridized carbons (Fsp3) is 1.00. The van der Waals surface area contributed by atoms with Gasteiger partial charge in [-0.05, 0) is 28.1 Å². The number of fused-ring (bicyclic) bond motifs is 1. The van der Waals surface area contributed by atoms with Crippen molar-refractivity contribution in [1.82, 2.24) is 0 Å². The summed E-state index contributed by atoms with van der Waals surface area (Å²) in [6.07, 6.45) is 0. The predicted molar refractivity (Wildman–Crippen MR) is 60.6 cm³/mol. The highest BCUT2D eigenvalue weighted by molar-refractivity contribution is 6.13. The van der Waals surface area contributed by atoms with E-state index >= 15 is 0 Å². The summed E-state index contributed by atoms with van der Waals surface area (Å²) in [6, 6.07) is 0. The van der Waals surface area contributed by atoms with Crippen molar-refractivity contribution in [3.8, 4) is 0 Å². The summed E-state index contributed by atoms with van der Waals surface area (Å²) in [5, 5.41) is 0. The van der Waals surface area contributed by atoms with Gasteiger partial charge in [0.2, 0.25) is 0 Å². The van der Waals surface area contributed by atoms with Gasteiger partial charge in [0, 0.05) is 0 Å². The average Bonchev–Trinajstić information content (AvgIpc) is 2.38. The van der Waals surface area contributed by atoms with Crippen molar-refractivity contribution in [3.05, 3.63) is 0 Å². The standard InChI is InChI=1S/C12H23B/c1-7-10(2,3)9(13)8-11(4,5)12(7,8)6/h7-9H,13H2,1-6H3. The molecule has 0 bridgehead atoms. The SMILES string of the molecule is BC1C2C(C)(C)C2(C)C(C)C1(C)C. The van der Waals surface area contributed by atoms with Crippen LogP contribution in [0.1, 0.15) is 41.5 Å². The highest BCUT2D eigenvalue weighted by atomic mass is 14.8. The summed E-state index contributed by atoms with van der Waals surface area (Å²) in [5.41, 5.74) is 1.77. The van der Waals surface area contributed by atoms with E-state index in [1.54, 1.807) is 0 Å². The Labute approximate surface area is 83.9 Å². The average molecular weight is 178 g/mol. The van der Waals surface area contributed by atoms with Gasteiger partial charge in [-0.3, -0.25) is 0 Å². The van der Waals surface area contributed by atoms with Gasteiger partial charge in [0.15, 0.2) is 0 Å². The minimum absolute atomic E-state index is 0.551. The van der Waals surface area contributed by atoms with Crippen LogP contribution >= 0.6 is 0 Å². The van der Waals surface area contributed by atoms with Crippen molar-refractivity contribution in [2.24, 2.45) is 28.1 Å². The summed E-state index contributed by atoms with van der Waals surface area (Å²) in [7, 11) is 2.46. The maximum atomic E-state index is 2.51. The first-order valence-electron chi connectivity index (χ1n) is 5.68. The van der Waals surface area contributed by atoms with Crippen LogP contribution in [0.15, 0.2) is 0 Å². The maximum absolute atomic E-state index is 2.51. The topological polar surface area (TPSA) is 0 Å². The molecule has 0 amide bonds. The van der Waals surface area contributed by atoms with Crippen LogP contribution in [-0.2, 0) is 0 Å². The van der Waals surface area contributed by atoms with E-state index in [0.29, 0.717) is 16.2 Å². The smallest absolute Gasteiger partial charge is 0.0615 e. The Morgan fingerprint density at radius 3 is 1.69 bits per heavy atom. The van der Waals surface area contributed by atoms with Gasteiger partial charge in [-0.15, -0.1) is 0 Å². The zero-order valence-corrected chi connectivity index (χ0v) is 10.2. The molecule has 2 saturated carbocycles. The molecule has 4 unspecified atom stereocenters. The second kappa shape index (κ2) is 2.02. The zero-order chi connectivity index (χ0) is 10.2. The van der Waals surface area contributed by atoms with E-state index in [0.717, 1.165) is 17.7 Å². The fourth-order valence-electron chi connectivity index (χ4n) is 4.63. The molecule has 13 heavy (non-hydrogen) atoms. The normalized spacial score (nSPS) is 56.0. The molecule has 0 aromatic rings. The van der Waals surface area contributed by atoms with E-state index in [4.69, 9.17) is 0 Å². The Morgan fingerprint density at radius 2 is 1.46 bits per heavy atom. The molecule has 0 aromatic carbocycles. The molecule has 0 nitrogen and oxygen atoms in total. The molecular formula is C12H23B. The van der Waals surface area contributed by atoms with E-state index in [1.165, 1.54) is 0 Å². The Kier molecular flexibility index (Phi) is 1.49. The highest BCUT2D eigenvalue weighted by Gasteiger charge is 2.78. The predicted octanol–water partition coefficient (Wildman–Crippen LogP) is 2.75. The van der Waals surface area contributed by atoms with Gasteiger partial charge >= 0.3 is 0 Å². The Balaban J connectivity index is 2.40. The van der Waals surface area contributed by atoms with Gasteiger partial charge < -0.3 is 0 Å². The fourth-order valence-corrected chi connectivity index (χ4v) is 4.63. The molecule has 74 valence electrons. The molecule has 2 aliphatic rings. The van der Waals surface area contributed by atoms with Crippen molar-refractivity contribution >= 4 is 7.85 Å². The van der Waals surface area contributed by atoms with Crippen molar-refractivity contribution in [3.63, 3.8) is 0 Å². The van der Waals surface area contributed by atoms with E-state index in [1.807, 2.05) is 0 Å². The van der Waals surface area contributed by atoms with E-state index < -0.39 is 0 Å². The lowest BCUT2D eigenvalue weighted by atomic mass is 9.60. The summed E-state index contributed by atoms with van der Waals surface area (Å²) in [6.45, 7) is 14.8. The third-order valence-corrected chi connectivity index (χ3v) is 6.42. The second-order valence-electron chi connectivity index (χ2n) is 6.81. The van der Waals surface area contributed by atoms with Gasteiger partial charge in [-0.1, -0.05) is 47.4 Å². The molecule has 2 rings (SSSR count). The molecule has 0 spiro atoms. The quantitative estimate of drug-likeness (QED) is 0.500. The third-order valence-electron chi connectivity index (χ3n) is 6.42. The maximum Gasteiger partial charge on any atom is 0.106 e. The van der Waals surface area contributed by atoms with Crippen LogP contribution in [0.4, 0.5) is 0 Å². The zero-order valence-electron chi connectivity index (χ0n) is 10.2. The van der Waals surface area contributed by atoms with Gasteiger partial charge in [-0.25, -0.2) is 0 Å². The lowest BCUT2D eigenvalue weighted by Gasteiger charge is -2.38. The van der Waals surface area contributed by atoms with Crippen LogP contribution in [0.3, 0.4) is 0 Å². The number of hydrogen-bond acceptors (Lipinski definition) is 0. The molecule has 0 saturated heterocycles. The van der Waals surface area contributed by atoms with Crippen LogP contribution in [-0.4, -0.2) is 7.85 Å². The minimum atomic E-state index is 0.551. The molecule has 0 aliphatic heterocycles. The van der Waals surface area contributed by atoms with Crippen LogP contribution in [0.5, 0.6) is 0 Å². The first kappa shape index (κ1) is 9.61. The summed E-state index contributed by atoms with van der Waals surface area (Å²) < 4.78 is 0. The molecule has 1 heteroatoms. The van der Waals surface area contributed by atoms with Crippen LogP contribution in [0.2, 0.25) is 5.82 Å². The molecule has 0 heterocycles. The lowest BCUT2D eigenvalue weighted by molar-refractivity contribution is 0.146. The van der Waals surface area contributed by atoms with Crippen LogP contribution in [0, 0.1) is 28.1 Å². The first-order valence-corrected chi connectivity index (χ1v) is 5.68. The van der Waals surface area contributed by atoms with E-state index in [-0.39, 0.29) is 0 Å². The molecule has 2 aliphatic carbocycles. The molecule has 0 N–H and O–H groups in total. The summed E-state index contributed by atoms with van der Waals surface area (Å²) in [4.78, 5) is 0.